The van der Waals surface area contributed by atoms with Crippen molar-refractivity contribution >= 4 is 0 Å². The molecule has 0 radical (unpaired) electrons. The molecule has 0 saturated heterocycles. The molecule has 0 aromatic carbocycles. The first-order valence-electron chi connectivity index (χ1n) is 13.0. The summed E-state index contributed by atoms with van der Waals surface area (Å²) in [7, 11) is 0. The Morgan fingerprint density at radius 2 is 0.964 bits per heavy atom. The molecule has 0 heterocycles. The van der Waals surface area contributed by atoms with E-state index in [1.807, 2.05) is 0 Å². The lowest BCUT2D eigenvalue weighted by atomic mass is 9.97. The van der Waals surface area contributed by atoms with E-state index in [1.54, 1.807) is 0 Å². The van der Waals surface area contributed by atoms with Crippen LogP contribution in [-0.4, -0.2) is 48.6 Å². The second-order valence-electron chi connectivity index (χ2n) is 9.41. The van der Waals surface area contributed by atoms with Gasteiger partial charge in [0.25, 0.3) is 0 Å². The molecule has 1 atom stereocenters. The molecule has 0 fully saturated rings. The summed E-state index contributed by atoms with van der Waals surface area (Å²) < 4.78 is 0. The molecule has 0 aliphatic carbocycles. The summed E-state index contributed by atoms with van der Waals surface area (Å²) in [5, 5.41) is 0. The SMILES string of the molecule is CCCCN(CCCC)CCCCC(CCC(C)C)N(CCCC)CCCC. The summed E-state index contributed by atoms with van der Waals surface area (Å²) in [5.74, 6) is 0.834. The van der Waals surface area contributed by atoms with Crippen LogP contribution in [0.1, 0.15) is 125 Å². The maximum absolute atomic E-state index is 2.86. The van der Waals surface area contributed by atoms with Crippen LogP contribution >= 0.6 is 0 Å². The zero-order chi connectivity index (χ0) is 21.0. The highest BCUT2D eigenvalue weighted by Gasteiger charge is 2.18. The Morgan fingerprint density at radius 1 is 0.500 bits per heavy atom. The fraction of sp³-hybridized carbons (Fsp3) is 1.00. The van der Waals surface area contributed by atoms with Gasteiger partial charge in [-0.25, -0.2) is 0 Å². The van der Waals surface area contributed by atoms with Crippen LogP contribution in [0.2, 0.25) is 0 Å². The molecule has 0 aliphatic rings. The van der Waals surface area contributed by atoms with Gasteiger partial charge in [-0.1, -0.05) is 73.6 Å². The van der Waals surface area contributed by atoms with Gasteiger partial charge in [0.2, 0.25) is 0 Å². The smallest absolute Gasteiger partial charge is 0.00953 e. The molecular formula is C26H56N2. The molecule has 0 amide bonds. The van der Waals surface area contributed by atoms with Crippen molar-refractivity contribution in [3.63, 3.8) is 0 Å². The molecule has 0 aromatic rings. The van der Waals surface area contributed by atoms with Gasteiger partial charge in [-0.3, -0.25) is 0 Å². The highest BCUT2D eigenvalue weighted by molar-refractivity contribution is 4.74. The van der Waals surface area contributed by atoms with Crippen LogP contribution in [0.4, 0.5) is 0 Å². The van der Waals surface area contributed by atoms with Gasteiger partial charge >= 0.3 is 0 Å². The van der Waals surface area contributed by atoms with Crippen molar-refractivity contribution in [3.8, 4) is 0 Å². The fourth-order valence-corrected chi connectivity index (χ4v) is 4.05. The Labute approximate surface area is 179 Å². The Bertz CT molecular complexity index is 287. The third kappa shape index (κ3) is 15.8. The van der Waals surface area contributed by atoms with Crippen LogP contribution in [0.25, 0.3) is 0 Å². The third-order valence-electron chi connectivity index (χ3n) is 6.11. The van der Waals surface area contributed by atoms with Crippen molar-refractivity contribution in [1.29, 1.82) is 0 Å². The average Bonchev–Trinajstić information content (AvgIpc) is 2.69. The molecule has 28 heavy (non-hydrogen) atoms. The molecule has 0 rings (SSSR count). The van der Waals surface area contributed by atoms with Crippen LogP contribution in [0, 0.1) is 5.92 Å². The molecule has 0 aliphatic heterocycles. The summed E-state index contributed by atoms with van der Waals surface area (Å²) in [6.07, 6.45) is 17.8. The first-order chi connectivity index (χ1) is 13.6. The Hall–Kier alpha value is -0.0800. The minimum absolute atomic E-state index is 0.820. The molecular weight excluding hydrogens is 340 g/mol. The number of hydrogen-bond donors (Lipinski definition) is 0. The number of hydrogen-bond acceptors (Lipinski definition) is 2. The van der Waals surface area contributed by atoms with Crippen LogP contribution in [0.3, 0.4) is 0 Å². The molecule has 1 unspecified atom stereocenters. The zero-order valence-corrected chi connectivity index (χ0v) is 20.8. The average molecular weight is 397 g/mol. The predicted octanol–water partition coefficient (Wildman–Crippen LogP) is 7.77. The monoisotopic (exact) mass is 396 g/mol. The normalized spacial score (nSPS) is 13.2. The van der Waals surface area contributed by atoms with Crippen LogP contribution in [0.15, 0.2) is 0 Å². The summed E-state index contributed by atoms with van der Waals surface area (Å²) in [6.45, 7) is 20.7. The molecule has 0 saturated carbocycles. The summed E-state index contributed by atoms with van der Waals surface area (Å²) in [4.78, 5) is 5.60. The molecule has 170 valence electrons. The summed E-state index contributed by atoms with van der Waals surface area (Å²) in [6, 6.07) is 0.820. The Kier molecular flexibility index (Phi) is 20.1. The van der Waals surface area contributed by atoms with Gasteiger partial charge in [0, 0.05) is 6.04 Å². The second kappa shape index (κ2) is 20.2. The van der Waals surface area contributed by atoms with E-state index in [0.717, 1.165) is 12.0 Å². The summed E-state index contributed by atoms with van der Waals surface area (Å²) in [5.41, 5.74) is 0. The van der Waals surface area contributed by atoms with E-state index in [2.05, 4.69) is 51.3 Å². The van der Waals surface area contributed by atoms with Gasteiger partial charge in [0.05, 0.1) is 0 Å². The number of rotatable bonds is 21. The van der Waals surface area contributed by atoms with E-state index >= 15 is 0 Å². The van der Waals surface area contributed by atoms with Gasteiger partial charge < -0.3 is 9.80 Å². The van der Waals surface area contributed by atoms with E-state index in [0.29, 0.717) is 0 Å². The lowest BCUT2D eigenvalue weighted by Gasteiger charge is -2.33. The number of nitrogens with zero attached hydrogens (tertiary/aromatic N) is 2. The van der Waals surface area contributed by atoms with E-state index in [-0.39, 0.29) is 0 Å². The van der Waals surface area contributed by atoms with Crippen molar-refractivity contribution in [2.75, 3.05) is 32.7 Å². The zero-order valence-electron chi connectivity index (χ0n) is 20.8. The van der Waals surface area contributed by atoms with Crippen molar-refractivity contribution in [2.24, 2.45) is 5.92 Å². The summed E-state index contributed by atoms with van der Waals surface area (Å²) >= 11 is 0. The Morgan fingerprint density at radius 3 is 1.43 bits per heavy atom. The van der Waals surface area contributed by atoms with E-state index < -0.39 is 0 Å². The van der Waals surface area contributed by atoms with Crippen molar-refractivity contribution in [1.82, 2.24) is 9.80 Å². The van der Waals surface area contributed by atoms with Gasteiger partial charge in [-0.15, -0.1) is 0 Å². The number of unbranched alkanes of at least 4 members (excludes halogenated alkanes) is 5. The van der Waals surface area contributed by atoms with E-state index in [1.165, 1.54) is 116 Å². The van der Waals surface area contributed by atoms with Crippen LogP contribution in [0.5, 0.6) is 0 Å². The standard InChI is InChI=1S/C26H56N2/c1-7-11-20-27(21-12-8-2)22-16-15-17-26(19-18-25(5)6)28(23-13-9-3)24-14-10-4/h25-26H,7-24H2,1-6H3. The molecule has 0 N–H and O–H groups in total. The van der Waals surface area contributed by atoms with E-state index in [9.17, 15) is 0 Å². The molecule has 0 bridgehead atoms. The van der Waals surface area contributed by atoms with Gasteiger partial charge in [-0.2, -0.15) is 0 Å². The van der Waals surface area contributed by atoms with Gasteiger partial charge in [-0.05, 0) is 90.0 Å². The highest BCUT2D eigenvalue weighted by Crippen LogP contribution is 2.19. The Balaban J connectivity index is 4.56. The van der Waals surface area contributed by atoms with Crippen LogP contribution < -0.4 is 0 Å². The first-order valence-corrected chi connectivity index (χ1v) is 13.0. The quantitative estimate of drug-likeness (QED) is 0.183. The minimum atomic E-state index is 0.820. The second-order valence-corrected chi connectivity index (χ2v) is 9.41. The third-order valence-corrected chi connectivity index (χ3v) is 6.11. The maximum Gasteiger partial charge on any atom is 0.00953 e. The van der Waals surface area contributed by atoms with Crippen molar-refractivity contribution in [3.05, 3.63) is 0 Å². The first kappa shape index (κ1) is 27.9. The topological polar surface area (TPSA) is 6.48 Å². The van der Waals surface area contributed by atoms with Gasteiger partial charge in [0.15, 0.2) is 0 Å². The van der Waals surface area contributed by atoms with Gasteiger partial charge in [0.1, 0.15) is 0 Å². The largest absolute Gasteiger partial charge is 0.303 e. The highest BCUT2D eigenvalue weighted by atomic mass is 15.1. The lowest BCUT2D eigenvalue weighted by molar-refractivity contribution is 0.160. The maximum atomic E-state index is 2.86. The minimum Gasteiger partial charge on any atom is -0.303 e. The molecule has 0 aromatic heterocycles. The van der Waals surface area contributed by atoms with Crippen LogP contribution in [-0.2, 0) is 0 Å². The van der Waals surface area contributed by atoms with E-state index in [4.69, 9.17) is 0 Å². The molecule has 2 nitrogen and oxygen atoms in total. The van der Waals surface area contributed by atoms with Crippen molar-refractivity contribution in [2.45, 2.75) is 131 Å². The predicted molar refractivity (Wildman–Crippen MR) is 129 cm³/mol. The molecule has 0 spiro atoms. The lowest BCUT2D eigenvalue weighted by Crippen LogP contribution is -2.37. The molecule has 2 heteroatoms. The van der Waals surface area contributed by atoms with Crippen molar-refractivity contribution < 1.29 is 0 Å². The fourth-order valence-electron chi connectivity index (χ4n) is 4.05.